The van der Waals surface area contributed by atoms with E-state index in [-0.39, 0.29) is 12.2 Å². The Bertz CT molecular complexity index is 1660. The van der Waals surface area contributed by atoms with Crippen LogP contribution in [-0.2, 0) is 9.47 Å². The van der Waals surface area contributed by atoms with Crippen LogP contribution in [0.5, 0.6) is 0 Å². The first-order chi connectivity index (χ1) is 22.6. The predicted octanol–water partition coefficient (Wildman–Crippen LogP) is 2.52. The smallest absolute Gasteiger partial charge is 0.425 e. The van der Waals surface area contributed by atoms with Gasteiger partial charge in [-0.3, -0.25) is 0 Å². The highest BCUT2D eigenvalue weighted by molar-refractivity contribution is 8.07. The summed E-state index contributed by atoms with van der Waals surface area (Å²) in [5.74, 6) is 0.876. The molecule has 4 rings (SSSR count). The molecular weight excluding hydrogens is 637 g/mol. The highest BCUT2D eigenvalue weighted by Gasteiger charge is 2.35. The van der Waals surface area contributed by atoms with Gasteiger partial charge < -0.3 is 15.2 Å². The minimum atomic E-state index is -0.810. The number of aryl methyl sites for hydroxylation is 2. The number of nitrogen functional groups attached to an aromatic ring is 1. The van der Waals surface area contributed by atoms with Crippen LogP contribution in [0.3, 0.4) is 0 Å². The van der Waals surface area contributed by atoms with E-state index in [9.17, 15) is 9.59 Å². The van der Waals surface area contributed by atoms with Gasteiger partial charge in [-0.2, -0.15) is 13.6 Å². The molecule has 8 nitrogen and oxygen atoms in total. The van der Waals surface area contributed by atoms with Crippen molar-refractivity contribution in [2.75, 3.05) is 10.6 Å². The number of nitrogens with two attached hydrogens (primary N) is 1. The van der Waals surface area contributed by atoms with Gasteiger partial charge in [0.15, 0.2) is 5.82 Å². The number of rotatable bonds is 6. The molecule has 2 amide bonds. The summed E-state index contributed by atoms with van der Waals surface area (Å²) < 4.78 is 21.2. The third kappa shape index (κ3) is 13.0. The molecule has 2 aromatic heterocycles. The summed E-state index contributed by atoms with van der Waals surface area (Å²) in [6.07, 6.45) is -4.49. The van der Waals surface area contributed by atoms with E-state index in [1.807, 2.05) is 25.1 Å². The minimum Gasteiger partial charge on any atom is -0.443 e. The standard InChI is InChI=1S/C18H24N2O4S.C8H8N2S.B13/c1-11-8-9-13-12(10-11)14(19-25-13)20(15(21)23-17(2,3)4)16(22)24-18(5,6)7;1-5-2-3-7-6(4-5)8(9)10-11-7;1-8-12(9(2)3)13(10(4)5)11(6)7/h8-10H,1-7H3;2-4H,1H3,(H2,9,10);. The first-order valence-electron chi connectivity index (χ1n) is 15.4. The van der Waals surface area contributed by atoms with E-state index in [0.717, 1.165) is 25.2 Å². The van der Waals surface area contributed by atoms with E-state index in [1.165, 1.54) is 35.7 Å². The maximum absolute atomic E-state index is 12.7. The SMILES string of the molecule is Cc1ccc2snc(N(C(=O)OC(C)(C)C)C(=O)OC(C)(C)C)c2c1.Cc1ccc2snc(N)c2c1.[B][B]B(B([B])[B])B(B([B])[B])B([B])[B]. The number of imide groups is 1. The highest BCUT2D eigenvalue weighted by Crippen LogP contribution is 2.32. The number of fused-ring (bicyclic) bond motifs is 2. The molecule has 4 aromatic rings. The number of carbonyl (C=O) groups is 2. The zero-order chi connectivity index (χ0) is 37.4. The van der Waals surface area contributed by atoms with E-state index in [0.29, 0.717) is 11.2 Å². The van der Waals surface area contributed by atoms with Gasteiger partial charge in [0.25, 0.3) is 0 Å². The highest BCUT2D eigenvalue weighted by atomic mass is 32.1. The normalized spacial score (nSPS) is 10.9. The van der Waals surface area contributed by atoms with Crippen LogP contribution in [0.2, 0.25) is 0 Å². The lowest BCUT2D eigenvalue weighted by atomic mass is 8.50. The summed E-state index contributed by atoms with van der Waals surface area (Å²) in [5, 5.41) is 1.79. The van der Waals surface area contributed by atoms with Gasteiger partial charge in [-0.25, -0.2) is 9.59 Å². The van der Waals surface area contributed by atoms with Crippen LogP contribution in [0.1, 0.15) is 52.7 Å². The summed E-state index contributed by atoms with van der Waals surface area (Å²) in [4.78, 5) is 26.2. The van der Waals surface area contributed by atoms with Crippen molar-refractivity contribution in [2.45, 2.75) is 66.6 Å². The van der Waals surface area contributed by atoms with Crippen LogP contribution in [0, 0.1) is 13.8 Å². The molecule has 2 aromatic carbocycles. The number of anilines is 2. The van der Waals surface area contributed by atoms with Crippen LogP contribution in [-0.4, -0.2) is 125 Å². The van der Waals surface area contributed by atoms with Gasteiger partial charge in [-0.05, 0) is 103 Å². The zero-order valence-corrected chi connectivity index (χ0v) is 31.0. The third-order valence-electron chi connectivity index (χ3n) is 6.62. The molecule has 0 atom stereocenters. The summed E-state index contributed by atoms with van der Waals surface area (Å²) in [5.41, 5.74) is 6.37. The average molecular weight is 669 g/mol. The second-order valence-electron chi connectivity index (χ2n) is 13.4. The van der Waals surface area contributed by atoms with Crippen molar-refractivity contribution in [3.63, 3.8) is 0 Å². The van der Waals surface area contributed by atoms with Crippen LogP contribution < -0.4 is 10.6 Å². The van der Waals surface area contributed by atoms with Gasteiger partial charge in [-0.15, -0.1) is 0 Å². The van der Waals surface area contributed by atoms with Crippen LogP contribution >= 0.6 is 23.1 Å². The van der Waals surface area contributed by atoms with Crippen LogP contribution in [0.4, 0.5) is 21.2 Å². The van der Waals surface area contributed by atoms with E-state index < -0.39 is 48.9 Å². The number of benzene rings is 2. The van der Waals surface area contributed by atoms with Gasteiger partial charge in [0.05, 0.1) is 9.40 Å². The van der Waals surface area contributed by atoms with Crippen molar-refractivity contribution in [1.82, 2.24) is 8.75 Å². The molecule has 231 valence electrons. The molecule has 0 saturated carbocycles. The van der Waals surface area contributed by atoms with Crippen LogP contribution in [0.25, 0.3) is 20.2 Å². The second kappa shape index (κ2) is 18.2. The fourth-order valence-electron chi connectivity index (χ4n) is 4.42. The van der Waals surface area contributed by atoms with Gasteiger partial charge >= 0.3 is 12.2 Å². The minimum absolute atomic E-state index is 0.229. The maximum Gasteiger partial charge on any atom is 0.425 e. The number of carbonyl (C=O) groups excluding carboxylic acids is 2. The Balaban J connectivity index is 0.000000289. The molecule has 0 aliphatic rings. The van der Waals surface area contributed by atoms with Gasteiger partial charge in [-0.1, -0.05) is 23.3 Å². The molecule has 15 radical (unpaired) electrons. The Hall–Kier alpha value is -2.40. The summed E-state index contributed by atoms with van der Waals surface area (Å²) in [7, 11) is 39.5. The monoisotopic (exact) mass is 671 g/mol. The number of nitrogens with zero attached hydrogens (tertiary/aromatic N) is 3. The maximum atomic E-state index is 12.7. The van der Waals surface area contributed by atoms with Crippen molar-refractivity contribution >= 4 is 160 Å². The number of hydrogen-bond donors (Lipinski definition) is 1. The second-order valence-corrected chi connectivity index (χ2v) is 15.1. The summed E-state index contributed by atoms with van der Waals surface area (Å²) >= 11 is 2.66. The van der Waals surface area contributed by atoms with E-state index in [1.54, 1.807) is 41.5 Å². The molecule has 0 unspecified atom stereocenters. The van der Waals surface area contributed by atoms with Crippen LogP contribution in [0.15, 0.2) is 36.4 Å². The Morgan fingerprint density at radius 3 is 1.57 bits per heavy atom. The number of aromatic nitrogens is 2. The zero-order valence-electron chi connectivity index (χ0n) is 29.3. The van der Waals surface area contributed by atoms with Crippen molar-refractivity contribution in [2.24, 2.45) is 0 Å². The predicted molar refractivity (Wildman–Crippen MR) is 223 cm³/mol. The fraction of sp³-hybridized carbons (Fsp3) is 0.385. The molecule has 2 N–H and O–H groups in total. The van der Waals surface area contributed by atoms with Gasteiger partial charge in [0.2, 0.25) is 0 Å². The quantitative estimate of drug-likeness (QED) is 0.315. The van der Waals surface area contributed by atoms with Crippen molar-refractivity contribution in [3.8, 4) is 0 Å². The van der Waals surface area contributed by atoms with Gasteiger partial charge in [0, 0.05) is 104 Å². The molecule has 2 heterocycles. The Morgan fingerprint density at radius 1 is 0.755 bits per heavy atom. The van der Waals surface area contributed by atoms with Crippen molar-refractivity contribution in [3.05, 3.63) is 47.5 Å². The number of ether oxygens (including phenoxy) is 2. The molecule has 0 spiro atoms. The Morgan fingerprint density at radius 2 is 1.18 bits per heavy atom. The first-order valence-corrected chi connectivity index (χ1v) is 16.9. The number of amides is 2. The molecule has 0 saturated heterocycles. The lowest BCUT2D eigenvalue weighted by Gasteiger charge is -2.31. The molecule has 49 heavy (non-hydrogen) atoms. The average Bonchev–Trinajstić information content (AvgIpc) is 3.52. The third-order valence-corrected chi connectivity index (χ3v) is 8.28. The molecule has 23 heteroatoms. The molecule has 0 bridgehead atoms. The molecule has 0 fully saturated rings. The van der Waals surface area contributed by atoms with Crippen molar-refractivity contribution < 1.29 is 19.1 Å². The first kappa shape index (κ1) is 42.8. The van der Waals surface area contributed by atoms with Gasteiger partial charge in [0.1, 0.15) is 17.0 Å². The lowest BCUT2D eigenvalue weighted by Crippen LogP contribution is -2.69. The van der Waals surface area contributed by atoms with Crippen molar-refractivity contribution in [1.29, 1.82) is 0 Å². The molecule has 0 aliphatic heterocycles. The Labute approximate surface area is 311 Å². The van der Waals surface area contributed by atoms with E-state index in [4.69, 9.17) is 69.4 Å². The lowest BCUT2D eigenvalue weighted by molar-refractivity contribution is 0.0430. The van der Waals surface area contributed by atoms with E-state index in [2.05, 4.69) is 33.9 Å². The molecule has 0 aliphatic carbocycles. The van der Waals surface area contributed by atoms with E-state index >= 15 is 0 Å². The summed E-state index contributed by atoms with van der Waals surface area (Å²) in [6, 6.07) is 11.9. The summed E-state index contributed by atoms with van der Waals surface area (Å²) in [6.45, 7) is 14.4. The largest absolute Gasteiger partial charge is 0.443 e. The number of hydrogen-bond acceptors (Lipinski definition) is 9. The fourth-order valence-corrected chi connectivity index (χ4v) is 5.85. The molecular formula is C26H32B13N4O4S2. The topological polar surface area (TPSA) is 108 Å². The Kier molecular flexibility index (Phi) is 15.9.